The second kappa shape index (κ2) is 7.69. The van der Waals surface area contributed by atoms with Crippen LogP contribution >= 0.6 is 0 Å². The quantitative estimate of drug-likeness (QED) is 0.809. The van der Waals surface area contributed by atoms with Gasteiger partial charge in [-0.15, -0.1) is 0 Å². The number of hydrogen-bond donors (Lipinski definition) is 1. The number of aromatic nitrogens is 2. The molecule has 0 radical (unpaired) electrons. The van der Waals surface area contributed by atoms with Gasteiger partial charge < -0.3 is 14.8 Å². The molecule has 0 spiro atoms. The Balaban J connectivity index is 1.92. The summed E-state index contributed by atoms with van der Waals surface area (Å²) in [5.41, 5.74) is 2.36. The van der Waals surface area contributed by atoms with E-state index in [0.29, 0.717) is 6.61 Å². The highest BCUT2D eigenvalue weighted by atomic mass is 16.5. The Bertz CT molecular complexity index is 566. The molecule has 0 aliphatic carbocycles. The first-order valence-corrected chi connectivity index (χ1v) is 7.21. The van der Waals surface area contributed by atoms with Crippen molar-refractivity contribution in [3.05, 3.63) is 41.7 Å². The van der Waals surface area contributed by atoms with Crippen molar-refractivity contribution in [3.8, 4) is 11.5 Å². The molecular formula is C16H23N3O2. The highest BCUT2D eigenvalue weighted by molar-refractivity contribution is 5.43. The number of benzene rings is 1. The lowest BCUT2D eigenvalue weighted by atomic mass is 10.2. The van der Waals surface area contributed by atoms with Crippen LogP contribution < -0.4 is 14.8 Å². The van der Waals surface area contributed by atoms with Gasteiger partial charge in [-0.3, -0.25) is 4.68 Å². The van der Waals surface area contributed by atoms with E-state index in [-0.39, 0.29) is 0 Å². The molecule has 0 unspecified atom stereocenters. The van der Waals surface area contributed by atoms with Gasteiger partial charge in [0.2, 0.25) is 0 Å². The Morgan fingerprint density at radius 1 is 1.24 bits per heavy atom. The Morgan fingerprint density at radius 3 is 2.76 bits per heavy atom. The number of ether oxygens (including phenoxy) is 2. The van der Waals surface area contributed by atoms with Crippen LogP contribution in [0.15, 0.2) is 30.6 Å². The summed E-state index contributed by atoms with van der Waals surface area (Å²) < 4.78 is 13.0. The van der Waals surface area contributed by atoms with Gasteiger partial charge >= 0.3 is 0 Å². The lowest BCUT2D eigenvalue weighted by molar-refractivity contribution is 0.297. The average molecular weight is 289 g/mol. The molecule has 0 saturated heterocycles. The van der Waals surface area contributed by atoms with Crippen LogP contribution in [0.25, 0.3) is 0 Å². The highest BCUT2D eigenvalue weighted by Gasteiger charge is 2.06. The lowest BCUT2D eigenvalue weighted by Crippen LogP contribution is -2.11. The topological polar surface area (TPSA) is 48.3 Å². The van der Waals surface area contributed by atoms with Gasteiger partial charge in [0.05, 0.1) is 19.9 Å². The Kier molecular flexibility index (Phi) is 5.63. The number of nitrogens with zero attached hydrogens (tertiary/aromatic N) is 2. The monoisotopic (exact) mass is 289 g/mol. The molecule has 1 aromatic carbocycles. The summed E-state index contributed by atoms with van der Waals surface area (Å²) in [5, 5.41) is 7.44. The zero-order valence-corrected chi connectivity index (χ0v) is 12.9. The van der Waals surface area contributed by atoms with Crippen molar-refractivity contribution in [1.29, 1.82) is 0 Å². The second-order valence-corrected chi connectivity index (χ2v) is 4.89. The minimum Gasteiger partial charge on any atom is -0.493 e. The van der Waals surface area contributed by atoms with Crippen LogP contribution in [0.2, 0.25) is 0 Å². The van der Waals surface area contributed by atoms with Gasteiger partial charge in [-0.25, -0.2) is 0 Å². The molecule has 2 aromatic rings. The Labute approximate surface area is 125 Å². The molecule has 0 bridgehead atoms. The van der Waals surface area contributed by atoms with Crippen molar-refractivity contribution in [2.75, 3.05) is 20.3 Å². The van der Waals surface area contributed by atoms with Gasteiger partial charge in [-0.1, -0.05) is 13.0 Å². The largest absolute Gasteiger partial charge is 0.493 e. The summed E-state index contributed by atoms with van der Waals surface area (Å²) in [4.78, 5) is 0. The van der Waals surface area contributed by atoms with E-state index in [4.69, 9.17) is 9.47 Å². The van der Waals surface area contributed by atoms with Crippen LogP contribution in [0, 0.1) is 0 Å². The Morgan fingerprint density at radius 2 is 2.10 bits per heavy atom. The van der Waals surface area contributed by atoms with E-state index in [9.17, 15) is 0 Å². The smallest absolute Gasteiger partial charge is 0.161 e. The molecule has 114 valence electrons. The third kappa shape index (κ3) is 4.49. The van der Waals surface area contributed by atoms with Gasteiger partial charge in [0.1, 0.15) is 0 Å². The van der Waals surface area contributed by atoms with Gasteiger partial charge in [-0.05, 0) is 29.8 Å². The molecule has 0 aliphatic heterocycles. The van der Waals surface area contributed by atoms with Crippen LogP contribution in [0.3, 0.4) is 0 Å². The zero-order chi connectivity index (χ0) is 15.1. The molecule has 0 fully saturated rings. The molecule has 5 nitrogen and oxygen atoms in total. The molecule has 5 heteroatoms. The highest BCUT2D eigenvalue weighted by Crippen LogP contribution is 2.28. The molecule has 0 atom stereocenters. The number of rotatable bonds is 8. The van der Waals surface area contributed by atoms with Crippen molar-refractivity contribution in [3.63, 3.8) is 0 Å². The molecule has 0 saturated carbocycles. The van der Waals surface area contributed by atoms with E-state index >= 15 is 0 Å². The van der Waals surface area contributed by atoms with Crippen molar-refractivity contribution >= 4 is 0 Å². The van der Waals surface area contributed by atoms with Crippen LogP contribution in [0.5, 0.6) is 11.5 Å². The number of aryl methyl sites for hydroxylation is 1. The van der Waals surface area contributed by atoms with E-state index in [1.165, 1.54) is 11.1 Å². The average Bonchev–Trinajstić information content (AvgIpc) is 2.91. The molecule has 1 aromatic heterocycles. The molecule has 0 amide bonds. The molecule has 21 heavy (non-hydrogen) atoms. The third-order valence-corrected chi connectivity index (χ3v) is 3.21. The Hall–Kier alpha value is -2.01. The van der Waals surface area contributed by atoms with Crippen LogP contribution in [-0.4, -0.2) is 30.0 Å². The van der Waals surface area contributed by atoms with Crippen molar-refractivity contribution in [1.82, 2.24) is 15.1 Å². The normalized spacial score (nSPS) is 10.6. The summed E-state index contributed by atoms with van der Waals surface area (Å²) in [6, 6.07) is 6.04. The van der Waals surface area contributed by atoms with Crippen LogP contribution in [0.4, 0.5) is 0 Å². The number of hydrogen-bond acceptors (Lipinski definition) is 4. The van der Waals surface area contributed by atoms with Gasteiger partial charge in [-0.2, -0.15) is 5.10 Å². The maximum Gasteiger partial charge on any atom is 0.161 e. The minimum atomic E-state index is 0.606. The van der Waals surface area contributed by atoms with E-state index in [0.717, 1.165) is 31.0 Å². The predicted molar refractivity (Wildman–Crippen MR) is 82.8 cm³/mol. The van der Waals surface area contributed by atoms with Crippen molar-refractivity contribution in [2.24, 2.45) is 7.05 Å². The van der Waals surface area contributed by atoms with Crippen LogP contribution in [0.1, 0.15) is 18.1 Å². The third-order valence-electron chi connectivity index (χ3n) is 3.21. The SMILES string of the molecule is CCNCc1ccc(OCCc2cnn(C)c2)c(OC)c1. The molecule has 0 aliphatic rings. The first-order valence-electron chi connectivity index (χ1n) is 7.21. The summed E-state index contributed by atoms with van der Waals surface area (Å²) in [6.45, 7) is 4.48. The van der Waals surface area contributed by atoms with E-state index < -0.39 is 0 Å². The first kappa shape index (κ1) is 15.4. The lowest BCUT2D eigenvalue weighted by Gasteiger charge is -2.12. The summed E-state index contributed by atoms with van der Waals surface area (Å²) in [7, 11) is 3.58. The van der Waals surface area contributed by atoms with E-state index in [1.54, 1.807) is 11.8 Å². The fourth-order valence-corrected chi connectivity index (χ4v) is 2.09. The first-order chi connectivity index (χ1) is 10.2. The standard InChI is InChI=1S/C16H23N3O2/c1-4-17-10-13-5-6-15(16(9-13)20-3)21-8-7-14-11-18-19(2)12-14/h5-6,9,11-12,17H,4,7-8,10H2,1-3H3. The fourth-order valence-electron chi connectivity index (χ4n) is 2.09. The molecule has 1 heterocycles. The summed E-state index contributed by atoms with van der Waals surface area (Å²) in [5.74, 6) is 1.55. The predicted octanol–water partition coefficient (Wildman–Crippen LogP) is 2.16. The van der Waals surface area contributed by atoms with Gasteiger partial charge in [0.25, 0.3) is 0 Å². The zero-order valence-electron chi connectivity index (χ0n) is 12.9. The van der Waals surface area contributed by atoms with Gasteiger partial charge in [0.15, 0.2) is 11.5 Å². The minimum absolute atomic E-state index is 0.606. The van der Waals surface area contributed by atoms with Crippen molar-refractivity contribution < 1.29 is 9.47 Å². The van der Waals surface area contributed by atoms with E-state index in [1.807, 2.05) is 31.6 Å². The van der Waals surface area contributed by atoms with Gasteiger partial charge in [0, 0.05) is 26.2 Å². The maximum absolute atomic E-state index is 5.82. The summed E-state index contributed by atoms with van der Waals surface area (Å²) >= 11 is 0. The molecular weight excluding hydrogens is 266 g/mol. The number of nitrogens with one attached hydrogen (secondary N) is 1. The maximum atomic E-state index is 5.82. The fraction of sp³-hybridized carbons (Fsp3) is 0.438. The van der Waals surface area contributed by atoms with Crippen LogP contribution in [-0.2, 0) is 20.0 Å². The summed E-state index contributed by atoms with van der Waals surface area (Å²) in [6.07, 6.45) is 4.69. The number of methoxy groups -OCH3 is 1. The molecule has 1 N–H and O–H groups in total. The second-order valence-electron chi connectivity index (χ2n) is 4.89. The van der Waals surface area contributed by atoms with E-state index in [2.05, 4.69) is 23.4 Å². The molecule has 2 rings (SSSR count). The van der Waals surface area contributed by atoms with Crippen molar-refractivity contribution in [2.45, 2.75) is 19.9 Å².